The molecule has 2 N–H and O–H groups in total. The van der Waals surface area contributed by atoms with Crippen molar-refractivity contribution in [2.24, 2.45) is 0 Å². The third-order valence-electron chi connectivity index (χ3n) is 4.49. The van der Waals surface area contributed by atoms with Gasteiger partial charge in [-0.3, -0.25) is 9.69 Å². The molecule has 1 aromatic carbocycles. The highest BCUT2D eigenvalue weighted by molar-refractivity contribution is 6.30. The van der Waals surface area contributed by atoms with Gasteiger partial charge in [-0.2, -0.15) is 0 Å². The average molecular weight is 353 g/mol. The third-order valence-corrected chi connectivity index (χ3v) is 4.74. The summed E-state index contributed by atoms with van der Waals surface area (Å²) < 4.78 is 0. The molecular weight excluding hydrogens is 328 g/mol. The van der Waals surface area contributed by atoms with E-state index in [1.54, 1.807) is 31.2 Å². The van der Waals surface area contributed by atoms with E-state index >= 15 is 0 Å². The topological polar surface area (TPSA) is 69.6 Å². The van der Waals surface area contributed by atoms with Crippen molar-refractivity contribution in [1.29, 1.82) is 0 Å². The first-order valence-electron chi connectivity index (χ1n) is 8.45. The number of halogens is 1. The molecule has 5 nitrogen and oxygen atoms in total. The van der Waals surface area contributed by atoms with Crippen LogP contribution < -0.4 is 5.32 Å². The van der Waals surface area contributed by atoms with Crippen molar-refractivity contribution in [3.05, 3.63) is 34.9 Å². The van der Waals surface area contributed by atoms with Gasteiger partial charge in [0.2, 0.25) is 0 Å². The Morgan fingerprint density at radius 1 is 1.21 bits per heavy atom. The zero-order chi connectivity index (χ0) is 17.7. The van der Waals surface area contributed by atoms with Crippen LogP contribution in [0.15, 0.2) is 24.3 Å². The highest BCUT2D eigenvalue weighted by Gasteiger charge is 2.47. The molecule has 2 rings (SSSR count). The van der Waals surface area contributed by atoms with Crippen LogP contribution in [0, 0.1) is 0 Å². The van der Waals surface area contributed by atoms with E-state index in [-0.39, 0.29) is 12.5 Å². The van der Waals surface area contributed by atoms with E-state index in [1.807, 2.05) is 0 Å². The van der Waals surface area contributed by atoms with E-state index in [4.69, 9.17) is 11.6 Å². The van der Waals surface area contributed by atoms with Gasteiger partial charge < -0.3 is 10.4 Å². The Bertz CT molecular complexity index is 590. The number of hydrogen-bond donors (Lipinski definition) is 2. The molecular formula is C18H25ClN2O3. The first kappa shape index (κ1) is 18.7. The first-order valence-corrected chi connectivity index (χ1v) is 8.83. The van der Waals surface area contributed by atoms with Crippen LogP contribution in [-0.4, -0.2) is 34.0 Å². The molecule has 6 heteroatoms. The van der Waals surface area contributed by atoms with E-state index in [0.717, 1.165) is 30.6 Å². The van der Waals surface area contributed by atoms with Crippen LogP contribution in [0.1, 0.15) is 57.6 Å². The number of unbranched alkanes of at least 4 members (excludes halogenated alkanes) is 3. The summed E-state index contributed by atoms with van der Waals surface area (Å²) in [6.45, 7) is 3.83. The lowest BCUT2D eigenvalue weighted by Gasteiger charge is -2.22. The second kappa shape index (κ2) is 7.99. The molecule has 1 aromatic rings. The Morgan fingerprint density at radius 3 is 2.50 bits per heavy atom. The standard InChI is InChI=1S/C18H25ClN2O3/c1-3-4-5-6-11-18(2)16(23)21(17(24)20-18)12-15(22)13-7-9-14(19)10-8-13/h7-10,15,22H,3-6,11-12H2,1-2H3,(H,20,24). The monoisotopic (exact) mass is 352 g/mol. The summed E-state index contributed by atoms with van der Waals surface area (Å²) >= 11 is 5.83. The number of aliphatic hydroxyl groups excluding tert-OH is 1. The predicted octanol–water partition coefficient (Wildman–Crippen LogP) is 3.65. The number of benzene rings is 1. The zero-order valence-corrected chi connectivity index (χ0v) is 15.0. The molecule has 0 radical (unpaired) electrons. The minimum Gasteiger partial charge on any atom is -0.387 e. The van der Waals surface area contributed by atoms with Crippen LogP contribution >= 0.6 is 11.6 Å². The lowest BCUT2D eigenvalue weighted by Crippen LogP contribution is -2.44. The number of β-amino-alcohol motifs (C(OH)–C–C–N with tert-alkyl or cyclic N) is 1. The van der Waals surface area contributed by atoms with Crippen molar-refractivity contribution in [3.8, 4) is 0 Å². The van der Waals surface area contributed by atoms with Gasteiger partial charge in [0.05, 0.1) is 12.6 Å². The largest absolute Gasteiger partial charge is 0.387 e. The summed E-state index contributed by atoms with van der Waals surface area (Å²) in [5.74, 6) is -0.267. The average Bonchev–Trinajstić information content (AvgIpc) is 2.76. The van der Waals surface area contributed by atoms with Gasteiger partial charge in [0.1, 0.15) is 5.54 Å². The maximum absolute atomic E-state index is 12.6. The number of nitrogens with one attached hydrogen (secondary N) is 1. The molecule has 1 aliphatic heterocycles. The third kappa shape index (κ3) is 4.28. The lowest BCUT2D eigenvalue weighted by molar-refractivity contribution is -0.132. The molecule has 132 valence electrons. The predicted molar refractivity (Wildman–Crippen MR) is 93.8 cm³/mol. The number of imide groups is 1. The van der Waals surface area contributed by atoms with E-state index < -0.39 is 17.7 Å². The molecule has 0 saturated carbocycles. The Hall–Kier alpha value is -1.59. The molecule has 2 unspecified atom stereocenters. The molecule has 1 aliphatic rings. The lowest BCUT2D eigenvalue weighted by atomic mass is 9.94. The van der Waals surface area contributed by atoms with Crippen LogP contribution in [0.2, 0.25) is 5.02 Å². The number of urea groups is 1. The summed E-state index contributed by atoms with van der Waals surface area (Å²) in [5.41, 5.74) is -0.249. The highest BCUT2D eigenvalue weighted by Crippen LogP contribution is 2.26. The fourth-order valence-corrected chi connectivity index (χ4v) is 3.08. The fraction of sp³-hybridized carbons (Fsp3) is 0.556. The van der Waals surface area contributed by atoms with Crippen LogP contribution in [0.25, 0.3) is 0 Å². The minimum atomic E-state index is -0.931. The maximum atomic E-state index is 12.6. The smallest absolute Gasteiger partial charge is 0.325 e. The molecule has 3 amide bonds. The zero-order valence-electron chi connectivity index (χ0n) is 14.2. The Balaban J connectivity index is 1.99. The first-order chi connectivity index (χ1) is 11.4. The second-order valence-electron chi connectivity index (χ2n) is 6.56. The number of hydrogen-bond acceptors (Lipinski definition) is 3. The minimum absolute atomic E-state index is 0.0587. The van der Waals surface area contributed by atoms with Gasteiger partial charge in [0.25, 0.3) is 5.91 Å². The molecule has 0 spiro atoms. The Kier molecular flexibility index (Phi) is 6.24. The number of carbonyl (C=O) groups excluding carboxylic acids is 2. The van der Waals surface area contributed by atoms with E-state index in [1.165, 1.54) is 0 Å². The van der Waals surface area contributed by atoms with Gasteiger partial charge >= 0.3 is 6.03 Å². The second-order valence-corrected chi connectivity index (χ2v) is 6.99. The highest BCUT2D eigenvalue weighted by atomic mass is 35.5. The van der Waals surface area contributed by atoms with Gasteiger partial charge in [-0.05, 0) is 31.0 Å². The number of carbonyl (C=O) groups is 2. The van der Waals surface area contributed by atoms with Crippen LogP contribution in [-0.2, 0) is 4.79 Å². The Labute approximate surface area is 148 Å². The van der Waals surface area contributed by atoms with Crippen molar-refractivity contribution in [3.63, 3.8) is 0 Å². The normalized spacial score (nSPS) is 21.9. The maximum Gasteiger partial charge on any atom is 0.325 e. The van der Waals surface area contributed by atoms with E-state index in [9.17, 15) is 14.7 Å². The molecule has 1 saturated heterocycles. The molecule has 1 heterocycles. The van der Waals surface area contributed by atoms with E-state index in [2.05, 4.69) is 12.2 Å². The van der Waals surface area contributed by atoms with Gasteiger partial charge in [-0.1, -0.05) is 56.3 Å². The number of amides is 3. The van der Waals surface area contributed by atoms with Gasteiger partial charge in [0, 0.05) is 5.02 Å². The van der Waals surface area contributed by atoms with E-state index in [0.29, 0.717) is 17.0 Å². The van der Waals surface area contributed by atoms with Crippen molar-refractivity contribution < 1.29 is 14.7 Å². The van der Waals surface area contributed by atoms with Gasteiger partial charge in [-0.15, -0.1) is 0 Å². The molecule has 2 atom stereocenters. The summed E-state index contributed by atoms with van der Waals surface area (Å²) in [7, 11) is 0. The van der Waals surface area contributed by atoms with Crippen molar-refractivity contribution in [2.75, 3.05) is 6.54 Å². The van der Waals surface area contributed by atoms with Crippen LogP contribution in [0.4, 0.5) is 4.79 Å². The summed E-state index contributed by atoms with van der Waals surface area (Å²) in [6, 6.07) is 6.28. The van der Waals surface area contributed by atoms with Crippen molar-refractivity contribution in [2.45, 2.75) is 57.6 Å². The molecule has 1 fully saturated rings. The summed E-state index contributed by atoms with van der Waals surface area (Å²) in [4.78, 5) is 25.9. The number of aliphatic hydroxyl groups is 1. The molecule has 0 aliphatic carbocycles. The summed E-state index contributed by atoms with van der Waals surface area (Å²) in [6.07, 6.45) is 3.87. The summed E-state index contributed by atoms with van der Waals surface area (Å²) in [5, 5.41) is 13.7. The molecule has 0 aromatic heterocycles. The number of nitrogens with zero attached hydrogens (tertiary/aromatic N) is 1. The molecule has 24 heavy (non-hydrogen) atoms. The Morgan fingerprint density at radius 2 is 1.88 bits per heavy atom. The van der Waals surface area contributed by atoms with Crippen molar-refractivity contribution in [1.82, 2.24) is 10.2 Å². The van der Waals surface area contributed by atoms with Gasteiger partial charge in [-0.25, -0.2) is 4.79 Å². The molecule has 0 bridgehead atoms. The quantitative estimate of drug-likeness (QED) is 0.554. The van der Waals surface area contributed by atoms with Gasteiger partial charge in [0.15, 0.2) is 0 Å². The van der Waals surface area contributed by atoms with Crippen LogP contribution in [0.3, 0.4) is 0 Å². The van der Waals surface area contributed by atoms with Crippen LogP contribution in [0.5, 0.6) is 0 Å². The SMILES string of the molecule is CCCCCCC1(C)NC(=O)N(CC(O)c2ccc(Cl)cc2)C1=O. The van der Waals surface area contributed by atoms with Crippen molar-refractivity contribution >= 4 is 23.5 Å². The number of rotatable bonds is 8. The fourth-order valence-electron chi connectivity index (χ4n) is 2.95.